The van der Waals surface area contributed by atoms with Crippen molar-refractivity contribution in [1.29, 1.82) is 0 Å². The zero-order valence-corrected chi connectivity index (χ0v) is 9.79. The van der Waals surface area contributed by atoms with E-state index in [1.165, 1.54) is 19.3 Å². The van der Waals surface area contributed by atoms with Gasteiger partial charge in [-0.15, -0.1) is 0 Å². The van der Waals surface area contributed by atoms with Crippen LogP contribution in [-0.4, -0.2) is 17.1 Å². The van der Waals surface area contributed by atoms with E-state index in [4.69, 9.17) is 16.3 Å². The molecule has 1 unspecified atom stereocenters. The molecule has 1 fully saturated rings. The summed E-state index contributed by atoms with van der Waals surface area (Å²) in [6.45, 7) is 1.93. The van der Waals surface area contributed by atoms with Gasteiger partial charge in [-0.1, -0.05) is 18.0 Å². The lowest BCUT2D eigenvalue weighted by molar-refractivity contribution is 0.111. The second kappa shape index (κ2) is 4.45. The third-order valence-corrected chi connectivity index (χ3v) is 3.17. The molecule has 4 heteroatoms. The van der Waals surface area contributed by atoms with Crippen molar-refractivity contribution in [3.63, 3.8) is 0 Å². The van der Waals surface area contributed by atoms with E-state index in [2.05, 4.69) is 9.97 Å². The van der Waals surface area contributed by atoms with Crippen molar-refractivity contribution in [3.05, 3.63) is 22.7 Å². The Morgan fingerprint density at radius 1 is 1.47 bits per heavy atom. The highest BCUT2D eigenvalue weighted by molar-refractivity contribution is 6.29. The number of nitrogens with zero attached hydrogens (tertiary/aromatic N) is 2. The van der Waals surface area contributed by atoms with E-state index < -0.39 is 0 Å². The average Bonchev–Trinajstić information content (AvgIpc) is 2.13. The molecule has 1 atom stereocenters. The Morgan fingerprint density at radius 3 is 2.73 bits per heavy atom. The summed E-state index contributed by atoms with van der Waals surface area (Å²) in [6.07, 6.45) is 3.63. The van der Waals surface area contributed by atoms with Gasteiger partial charge in [-0.2, -0.15) is 0 Å². The first-order chi connectivity index (χ1) is 7.20. The highest BCUT2D eigenvalue weighted by Gasteiger charge is 2.22. The minimum absolute atomic E-state index is 0.0949. The van der Waals surface area contributed by atoms with Crippen LogP contribution < -0.4 is 0 Å². The Bertz CT molecular complexity index is 329. The van der Waals surface area contributed by atoms with Gasteiger partial charge >= 0.3 is 0 Å². The first-order valence-electron chi connectivity index (χ1n) is 5.28. The molecule has 0 N–H and O–H groups in total. The lowest BCUT2D eigenvalue weighted by Gasteiger charge is -2.25. The highest BCUT2D eigenvalue weighted by atomic mass is 35.5. The first-order valence-corrected chi connectivity index (χ1v) is 5.65. The molecule has 2 rings (SSSR count). The van der Waals surface area contributed by atoms with Crippen LogP contribution in [0.2, 0.25) is 5.15 Å². The van der Waals surface area contributed by atoms with Crippen LogP contribution in [0.1, 0.15) is 49.7 Å². The van der Waals surface area contributed by atoms with Gasteiger partial charge in [-0.05, 0) is 25.8 Å². The molecule has 1 aliphatic carbocycles. The number of ether oxygens (including phenoxy) is 1. The van der Waals surface area contributed by atoms with Crippen molar-refractivity contribution in [2.24, 2.45) is 0 Å². The number of methoxy groups -OCH3 is 1. The van der Waals surface area contributed by atoms with Gasteiger partial charge in [0.15, 0.2) is 5.82 Å². The molecular weight excluding hydrogens is 212 g/mol. The van der Waals surface area contributed by atoms with Crippen molar-refractivity contribution >= 4 is 11.6 Å². The summed E-state index contributed by atoms with van der Waals surface area (Å²) in [5.74, 6) is 1.26. The van der Waals surface area contributed by atoms with Crippen LogP contribution in [0.5, 0.6) is 0 Å². The fraction of sp³-hybridized carbons (Fsp3) is 0.636. The molecule has 0 aliphatic heterocycles. The zero-order chi connectivity index (χ0) is 10.8. The maximum absolute atomic E-state index is 5.97. The van der Waals surface area contributed by atoms with Gasteiger partial charge in [-0.3, -0.25) is 0 Å². The minimum Gasteiger partial charge on any atom is -0.374 e. The normalized spacial score (nSPS) is 18.6. The van der Waals surface area contributed by atoms with Crippen LogP contribution in [0.3, 0.4) is 0 Å². The average molecular weight is 227 g/mol. The van der Waals surface area contributed by atoms with Gasteiger partial charge in [0.05, 0.1) is 0 Å². The quantitative estimate of drug-likeness (QED) is 0.743. The van der Waals surface area contributed by atoms with Crippen LogP contribution in [0.25, 0.3) is 0 Å². The van der Waals surface area contributed by atoms with Gasteiger partial charge in [0, 0.05) is 18.7 Å². The monoisotopic (exact) mass is 226 g/mol. The van der Waals surface area contributed by atoms with Gasteiger partial charge in [0.2, 0.25) is 0 Å². The summed E-state index contributed by atoms with van der Waals surface area (Å²) in [4.78, 5) is 8.68. The Balaban J connectivity index is 2.27. The van der Waals surface area contributed by atoms with Crippen molar-refractivity contribution in [2.45, 2.75) is 38.2 Å². The Labute approximate surface area is 94.8 Å². The Hall–Kier alpha value is -0.670. The molecule has 1 aliphatic rings. The molecule has 82 valence electrons. The van der Waals surface area contributed by atoms with Crippen LogP contribution in [-0.2, 0) is 4.74 Å². The SMILES string of the molecule is COC(C)c1nc(Cl)cc(C2CCC2)n1. The number of rotatable bonds is 3. The summed E-state index contributed by atoms with van der Waals surface area (Å²) in [5, 5.41) is 0.519. The number of hydrogen-bond acceptors (Lipinski definition) is 3. The van der Waals surface area contributed by atoms with E-state index in [0.29, 0.717) is 16.9 Å². The van der Waals surface area contributed by atoms with E-state index in [9.17, 15) is 0 Å². The Kier molecular flexibility index (Phi) is 3.22. The van der Waals surface area contributed by atoms with Gasteiger partial charge in [-0.25, -0.2) is 9.97 Å². The molecule has 1 aromatic heterocycles. The largest absolute Gasteiger partial charge is 0.374 e. The topological polar surface area (TPSA) is 35.0 Å². The van der Waals surface area contributed by atoms with Crippen LogP contribution >= 0.6 is 11.6 Å². The van der Waals surface area contributed by atoms with Crippen LogP contribution in [0.4, 0.5) is 0 Å². The Morgan fingerprint density at radius 2 is 2.20 bits per heavy atom. The van der Waals surface area contributed by atoms with Crippen molar-refractivity contribution in [2.75, 3.05) is 7.11 Å². The van der Waals surface area contributed by atoms with Crippen LogP contribution in [0, 0.1) is 0 Å². The predicted molar refractivity (Wildman–Crippen MR) is 59.1 cm³/mol. The van der Waals surface area contributed by atoms with E-state index in [0.717, 1.165) is 5.69 Å². The predicted octanol–water partition coefficient (Wildman–Crippen LogP) is 3.10. The van der Waals surface area contributed by atoms with Gasteiger partial charge in [0.1, 0.15) is 11.3 Å². The lowest BCUT2D eigenvalue weighted by atomic mass is 9.83. The molecule has 0 amide bonds. The molecule has 0 saturated heterocycles. The zero-order valence-electron chi connectivity index (χ0n) is 9.03. The van der Waals surface area contributed by atoms with Gasteiger partial charge < -0.3 is 4.74 Å². The van der Waals surface area contributed by atoms with Gasteiger partial charge in [0.25, 0.3) is 0 Å². The minimum atomic E-state index is -0.0949. The lowest BCUT2D eigenvalue weighted by Crippen LogP contribution is -2.13. The number of halogens is 1. The third kappa shape index (κ3) is 2.29. The van der Waals surface area contributed by atoms with E-state index in [-0.39, 0.29) is 6.10 Å². The maximum Gasteiger partial charge on any atom is 0.158 e. The fourth-order valence-corrected chi connectivity index (χ4v) is 1.85. The maximum atomic E-state index is 5.97. The second-order valence-electron chi connectivity index (χ2n) is 3.98. The van der Waals surface area contributed by atoms with E-state index >= 15 is 0 Å². The summed E-state index contributed by atoms with van der Waals surface area (Å²) in [5.41, 5.74) is 1.07. The highest BCUT2D eigenvalue weighted by Crippen LogP contribution is 2.36. The van der Waals surface area contributed by atoms with Crippen molar-refractivity contribution in [1.82, 2.24) is 9.97 Å². The van der Waals surface area contributed by atoms with Crippen molar-refractivity contribution < 1.29 is 4.74 Å². The van der Waals surface area contributed by atoms with Crippen LogP contribution in [0.15, 0.2) is 6.07 Å². The molecular formula is C11H15ClN2O. The molecule has 0 aromatic carbocycles. The fourth-order valence-electron chi connectivity index (χ4n) is 1.65. The first kappa shape index (κ1) is 10.8. The number of aromatic nitrogens is 2. The molecule has 1 aromatic rings. The molecule has 3 nitrogen and oxygen atoms in total. The summed E-state index contributed by atoms with van der Waals surface area (Å²) in [6, 6.07) is 1.87. The molecule has 15 heavy (non-hydrogen) atoms. The summed E-state index contributed by atoms with van der Waals surface area (Å²) < 4.78 is 5.19. The van der Waals surface area contributed by atoms with E-state index in [1.807, 2.05) is 13.0 Å². The van der Waals surface area contributed by atoms with Crippen molar-refractivity contribution in [3.8, 4) is 0 Å². The standard InChI is InChI=1S/C11H15ClN2O/c1-7(15-2)11-13-9(6-10(12)14-11)8-4-3-5-8/h6-8H,3-5H2,1-2H3. The smallest absolute Gasteiger partial charge is 0.158 e. The molecule has 1 saturated carbocycles. The van der Waals surface area contributed by atoms with E-state index in [1.54, 1.807) is 7.11 Å². The number of hydrogen-bond donors (Lipinski definition) is 0. The molecule has 1 heterocycles. The summed E-state index contributed by atoms with van der Waals surface area (Å²) >= 11 is 5.97. The second-order valence-corrected chi connectivity index (χ2v) is 4.37. The third-order valence-electron chi connectivity index (χ3n) is 2.97. The molecule has 0 bridgehead atoms. The molecule has 0 spiro atoms. The summed E-state index contributed by atoms with van der Waals surface area (Å²) in [7, 11) is 1.65. The molecule has 0 radical (unpaired) electrons.